The molecule has 3 aromatic rings. The summed E-state index contributed by atoms with van der Waals surface area (Å²) in [6.45, 7) is -0.198. The summed E-state index contributed by atoms with van der Waals surface area (Å²) in [5.74, 6) is -0.0790. The maximum atomic E-state index is 12.4. The van der Waals surface area contributed by atoms with Crippen LogP contribution in [0, 0.1) is 0 Å². The number of hydrogen-bond donors (Lipinski definition) is 1. The third-order valence-electron chi connectivity index (χ3n) is 2.93. The van der Waals surface area contributed by atoms with Crippen LogP contribution in [-0.2, 0) is 4.79 Å². The Morgan fingerprint density at radius 1 is 1.10 bits per heavy atom. The van der Waals surface area contributed by atoms with E-state index in [1.54, 1.807) is 23.5 Å². The molecule has 1 amide bonds. The van der Waals surface area contributed by atoms with E-state index in [2.05, 4.69) is 0 Å². The first-order valence-corrected chi connectivity index (χ1v) is 6.83. The number of rotatable bonds is 3. The van der Waals surface area contributed by atoms with Crippen molar-refractivity contribution in [1.29, 1.82) is 0 Å². The zero-order valence-electron chi connectivity index (χ0n) is 10.5. The summed E-state index contributed by atoms with van der Waals surface area (Å²) in [6.07, 6.45) is 0. The van der Waals surface area contributed by atoms with Gasteiger partial charge in [0.1, 0.15) is 5.75 Å². The van der Waals surface area contributed by atoms with Crippen LogP contribution in [0.4, 0.5) is 0 Å². The van der Waals surface area contributed by atoms with Gasteiger partial charge in [0.05, 0.1) is 0 Å². The molecular formula is C15H11NO3S. The van der Waals surface area contributed by atoms with Crippen molar-refractivity contribution in [2.24, 2.45) is 5.73 Å². The highest BCUT2D eigenvalue weighted by atomic mass is 32.1. The number of ether oxygens (including phenoxy) is 1. The number of hydrogen-bond acceptors (Lipinski definition) is 4. The standard InChI is InChI=1S/C15H11NO3S/c16-14(17)8-19-9-5-6-13-11(7-9)15(18)10-3-1-2-4-12(10)20-13/h1-7H,8H2,(H2,16,17). The van der Waals surface area contributed by atoms with Crippen LogP contribution in [0.15, 0.2) is 47.3 Å². The van der Waals surface area contributed by atoms with Crippen molar-refractivity contribution in [3.05, 3.63) is 52.7 Å². The lowest BCUT2D eigenvalue weighted by atomic mass is 10.2. The first kappa shape index (κ1) is 12.6. The maximum absolute atomic E-state index is 12.4. The number of primary amides is 1. The second kappa shape index (κ2) is 4.94. The lowest BCUT2D eigenvalue weighted by Gasteiger charge is -2.05. The topological polar surface area (TPSA) is 69.4 Å². The van der Waals surface area contributed by atoms with Crippen LogP contribution < -0.4 is 15.9 Å². The van der Waals surface area contributed by atoms with Gasteiger partial charge < -0.3 is 10.5 Å². The Morgan fingerprint density at radius 3 is 2.65 bits per heavy atom. The Labute approximate surface area is 118 Å². The molecule has 100 valence electrons. The molecule has 0 bridgehead atoms. The number of nitrogens with two attached hydrogens (primary N) is 1. The van der Waals surface area contributed by atoms with Crippen LogP contribution in [-0.4, -0.2) is 12.5 Å². The van der Waals surface area contributed by atoms with Gasteiger partial charge in [0.25, 0.3) is 5.91 Å². The first-order valence-electron chi connectivity index (χ1n) is 6.02. The summed E-state index contributed by atoms with van der Waals surface area (Å²) in [6, 6.07) is 12.7. The lowest BCUT2D eigenvalue weighted by Crippen LogP contribution is -2.20. The minimum Gasteiger partial charge on any atom is -0.484 e. The molecule has 0 aliphatic rings. The molecule has 5 heteroatoms. The van der Waals surface area contributed by atoms with E-state index in [0.29, 0.717) is 16.5 Å². The van der Waals surface area contributed by atoms with Gasteiger partial charge in [-0.15, -0.1) is 11.3 Å². The maximum Gasteiger partial charge on any atom is 0.255 e. The highest BCUT2D eigenvalue weighted by Crippen LogP contribution is 2.27. The molecule has 1 aromatic heterocycles. The number of amides is 1. The summed E-state index contributed by atoms with van der Waals surface area (Å²) in [5, 5.41) is 1.28. The molecule has 4 nitrogen and oxygen atoms in total. The lowest BCUT2D eigenvalue weighted by molar-refractivity contribution is -0.119. The monoisotopic (exact) mass is 285 g/mol. The van der Waals surface area contributed by atoms with Gasteiger partial charge in [-0.1, -0.05) is 12.1 Å². The van der Waals surface area contributed by atoms with Crippen LogP contribution in [0.2, 0.25) is 0 Å². The van der Waals surface area contributed by atoms with Crippen molar-refractivity contribution in [2.75, 3.05) is 6.61 Å². The fraction of sp³-hybridized carbons (Fsp3) is 0.0667. The normalized spacial score (nSPS) is 10.8. The van der Waals surface area contributed by atoms with E-state index in [4.69, 9.17) is 10.5 Å². The van der Waals surface area contributed by atoms with E-state index < -0.39 is 5.91 Å². The Hall–Kier alpha value is -2.40. The van der Waals surface area contributed by atoms with Crippen molar-refractivity contribution in [3.8, 4) is 5.75 Å². The summed E-state index contributed by atoms with van der Waals surface area (Å²) in [5.41, 5.74) is 5.00. The van der Waals surface area contributed by atoms with Crippen LogP contribution in [0.1, 0.15) is 0 Å². The van der Waals surface area contributed by atoms with Crippen LogP contribution >= 0.6 is 11.3 Å². The Bertz CT molecular complexity index is 870. The van der Waals surface area contributed by atoms with Crippen molar-refractivity contribution >= 4 is 37.4 Å². The second-order valence-electron chi connectivity index (χ2n) is 4.34. The predicted molar refractivity (Wildman–Crippen MR) is 80.3 cm³/mol. The van der Waals surface area contributed by atoms with Crippen molar-refractivity contribution in [2.45, 2.75) is 0 Å². The van der Waals surface area contributed by atoms with Gasteiger partial charge in [-0.05, 0) is 30.3 Å². The van der Waals surface area contributed by atoms with Crippen molar-refractivity contribution in [1.82, 2.24) is 0 Å². The molecule has 0 aliphatic heterocycles. The van der Waals surface area contributed by atoms with E-state index in [1.165, 1.54) is 0 Å². The molecule has 0 radical (unpaired) electrons. The molecule has 0 aliphatic carbocycles. The summed E-state index contributed by atoms with van der Waals surface area (Å²) < 4.78 is 7.08. The Balaban J connectivity index is 2.18. The molecule has 0 spiro atoms. The van der Waals surface area contributed by atoms with Crippen LogP contribution in [0.25, 0.3) is 20.2 Å². The van der Waals surface area contributed by atoms with Gasteiger partial charge in [0.15, 0.2) is 12.0 Å². The van der Waals surface area contributed by atoms with Crippen LogP contribution in [0.5, 0.6) is 5.75 Å². The van der Waals surface area contributed by atoms with Gasteiger partial charge >= 0.3 is 0 Å². The first-order chi connectivity index (χ1) is 9.65. The molecule has 3 rings (SSSR count). The number of carbonyl (C=O) groups is 1. The van der Waals surface area contributed by atoms with Crippen molar-refractivity contribution < 1.29 is 9.53 Å². The molecule has 2 aromatic carbocycles. The van der Waals surface area contributed by atoms with E-state index in [0.717, 1.165) is 9.40 Å². The van der Waals surface area contributed by atoms with E-state index in [1.807, 2.05) is 30.3 Å². The molecular weight excluding hydrogens is 274 g/mol. The van der Waals surface area contributed by atoms with Crippen LogP contribution in [0.3, 0.4) is 0 Å². The SMILES string of the molecule is NC(=O)COc1ccc2sc3ccccc3c(=O)c2c1. The highest BCUT2D eigenvalue weighted by molar-refractivity contribution is 7.24. The van der Waals surface area contributed by atoms with Gasteiger partial charge in [-0.25, -0.2) is 0 Å². The van der Waals surface area contributed by atoms with Gasteiger partial charge in [0, 0.05) is 20.2 Å². The predicted octanol–water partition coefficient (Wildman–Crippen LogP) is 2.28. The van der Waals surface area contributed by atoms with Gasteiger partial charge in [0.2, 0.25) is 0 Å². The third kappa shape index (κ3) is 2.23. The molecule has 20 heavy (non-hydrogen) atoms. The largest absolute Gasteiger partial charge is 0.484 e. The highest BCUT2D eigenvalue weighted by Gasteiger charge is 2.07. The summed E-state index contributed by atoms with van der Waals surface area (Å²) in [4.78, 5) is 23.2. The minimum atomic E-state index is -0.547. The van der Waals surface area contributed by atoms with E-state index in [9.17, 15) is 9.59 Å². The van der Waals surface area contributed by atoms with Crippen molar-refractivity contribution in [3.63, 3.8) is 0 Å². The average Bonchev–Trinajstić information content (AvgIpc) is 2.46. The molecule has 0 atom stereocenters. The van der Waals surface area contributed by atoms with Gasteiger partial charge in [-0.2, -0.15) is 0 Å². The quantitative estimate of drug-likeness (QED) is 0.751. The number of benzene rings is 2. The fourth-order valence-corrected chi connectivity index (χ4v) is 3.08. The molecule has 2 N–H and O–H groups in total. The fourth-order valence-electron chi connectivity index (χ4n) is 2.03. The second-order valence-corrected chi connectivity index (χ2v) is 5.42. The summed E-state index contributed by atoms with van der Waals surface area (Å²) >= 11 is 1.55. The summed E-state index contributed by atoms with van der Waals surface area (Å²) in [7, 11) is 0. The molecule has 1 heterocycles. The zero-order valence-corrected chi connectivity index (χ0v) is 11.3. The minimum absolute atomic E-state index is 0.0288. The average molecular weight is 285 g/mol. The molecule has 0 saturated heterocycles. The molecule has 0 saturated carbocycles. The smallest absolute Gasteiger partial charge is 0.255 e. The third-order valence-corrected chi connectivity index (χ3v) is 4.08. The zero-order chi connectivity index (χ0) is 14.1. The molecule has 0 fully saturated rings. The molecule has 0 unspecified atom stereocenters. The van der Waals surface area contributed by atoms with E-state index in [-0.39, 0.29) is 12.0 Å². The van der Waals surface area contributed by atoms with E-state index >= 15 is 0 Å². The number of fused-ring (bicyclic) bond motifs is 2. The number of carbonyl (C=O) groups excluding carboxylic acids is 1. The Kier molecular flexibility index (Phi) is 3.12. The Morgan fingerprint density at radius 2 is 1.85 bits per heavy atom. The van der Waals surface area contributed by atoms with Gasteiger partial charge in [-0.3, -0.25) is 9.59 Å².